The molecule has 0 saturated heterocycles. The number of benzene rings is 1. The van der Waals surface area contributed by atoms with Crippen LogP contribution >= 0.6 is 15.9 Å². The normalized spacial score (nSPS) is 11.0. The maximum absolute atomic E-state index is 5.78. The molecule has 132 valence electrons. The van der Waals surface area contributed by atoms with Crippen molar-refractivity contribution in [2.75, 3.05) is 39.4 Å². The molecule has 0 amide bonds. The smallest absolute Gasteiger partial charge is 0.162 e. The van der Waals surface area contributed by atoms with Crippen molar-refractivity contribution in [1.82, 2.24) is 10.2 Å². The van der Waals surface area contributed by atoms with Crippen molar-refractivity contribution in [2.24, 2.45) is 0 Å². The molecular formula is C18H31BrN2O2. The molecule has 0 bridgehead atoms. The van der Waals surface area contributed by atoms with Crippen molar-refractivity contribution in [3.05, 3.63) is 22.2 Å². The van der Waals surface area contributed by atoms with Crippen LogP contribution < -0.4 is 14.8 Å². The lowest BCUT2D eigenvalue weighted by Gasteiger charge is -2.18. The molecule has 23 heavy (non-hydrogen) atoms. The van der Waals surface area contributed by atoms with E-state index in [1.165, 1.54) is 5.56 Å². The lowest BCUT2D eigenvalue weighted by Crippen LogP contribution is -2.31. The van der Waals surface area contributed by atoms with Gasteiger partial charge < -0.3 is 19.7 Å². The fourth-order valence-electron chi connectivity index (χ4n) is 2.31. The Bertz CT molecular complexity index is 451. The van der Waals surface area contributed by atoms with Crippen LogP contribution in [0.2, 0.25) is 0 Å². The van der Waals surface area contributed by atoms with Gasteiger partial charge >= 0.3 is 0 Å². The topological polar surface area (TPSA) is 33.7 Å². The van der Waals surface area contributed by atoms with Gasteiger partial charge in [0.15, 0.2) is 11.5 Å². The van der Waals surface area contributed by atoms with Crippen molar-refractivity contribution in [3.63, 3.8) is 0 Å². The maximum atomic E-state index is 5.78. The lowest BCUT2D eigenvalue weighted by molar-refractivity contribution is 0.276. The summed E-state index contributed by atoms with van der Waals surface area (Å²) in [5.74, 6) is 1.64. The second-order valence-corrected chi connectivity index (χ2v) is 6.23. The lowest BCUT2D eigenvalue weighted by atomic mass is 10.2. The predicted molar refractivity (Wildman–Crippen MR) is 101 cm³/mol. The van der Waals surface area contributed by atoms with Crippen molar-refractivity contribution < 1.29 is 9.47 Å². The molecule has 4 nitrogen and oxygen atoms in total. The molecule has 0 aliphatic heterocycles. The Morgan fingerprint density at radius 3 is 2.35 bits per heavy atom. The first-order valence-corrected chi connectivity index (χ1v) is 9.46. The molecule has 0 spiro atoms. The summed E-state index contributed by atoms with van der Waals surface area (Å²) >= 11 is 3.65. The summed E-state index contributed by atoms with van der Waals surface area (Å²) in [5, 5.41) is 3.51. The highest BCUT2D eigenvalue weighted by Crippen LogP contribution is 2.34. The fourth-order valence-corrected chi connectivity index (χ4v) is 2.77. The van der Waals surface area contributed by atoms with E-state index in [0.29, 0.717) is 13.2 Å². The van der Waals surface area contributed by atoms with Crippen LogP contribution in [0.4, 0.5) is 0 Å². The maximum Gasteiger partial charge on any atom is 0.162 e. The number of ether oxygens (including phenoxy) is 2. The minimum Gasteiger partial charge on any atom is -0.490 e. The van der Waals surface area contributed by atoms with Gasteiger partial charge in [-0.3, -0.25) is 0 Å². The summed E-state index contributed by atoms with van der Waals surface area (Å²) in [7, 11) is 0. The highest BCUT2D eigenvalue weighted by molar-refractivity contribution is 9.10. The molecule has 0 aliphatic rings. The Morgan fingerprint density at radius 2 is 1.74 bits per heavy atom. The average molecular weight is 387 g/mol. The Balaban J connectivity index is 2.65. The Kier molecular flexibility index (Phi) is 10.3. The Labute approximate surface area is 149 Å². The first-order valence-electron chi connectivity index (χ1n) is 8.67. The van der Waals surface area contributed by atoms with Crippen LogP contribution in [0.15, 0.2) is 16.6 Å². The minimum absolute atomic E-state index is 0.638. The van der Waals surface area contributed by atoms with Gasteiger partial charge in [0.2, 0.25) is 0 Å². The molecule has 1 N–H and O–H groups in total. The van der Waals surface area contributed by atoms with Crippen molar-refractivity contribution in [1.29, 1.82) is 0 Å². The first kappa shape index (κ1) is 20.3. The number of likely N-dealkylation sites (N-methyl/N-ethyl adjacent to an activating group) is 1. The van der Waals surface area contributed by atoms with Gasteiger partial charge in [0.25, 0.3) is 0 Å². The molecule has 1 rings (SSSR count). The zero-order valence-electron chi connectivity index (χ0n) is 15.0. The van der Waals surface area contributed by atoms with E-state index in [2.05, 4.69) is 53.0 Å². The molecule has 0 aromatic heterocycles. The van der Waals surface area contributed by atoms with Gasteiger partial charge in [-0.2, -0.15) is 0 Å². The number of hydrogen-bond donors (Lipinski definition) is 1. The van der Waals surface area contributed by atoms with Gasteiger partial charge in [0.1, 0.15) is 0 Å². The summed E-state index contributed by atoms with van der Waals surface area (Å²) in [6, 6.07) is 4.09. The van der Waals surface area contributed by atoms with Gasteiger partial charge in [0.05, 0.1) is 13.2 Å². The van der Waals surface area contributed by atoms with Crippen LogP contribution in [0.1, 0.15) is 39.7 Å². The van der Waals surface area contributed by atoms with Crippen LogP contribution in [0.25, 0.3) is 0 Å². The van der Waals surface area contributed by atoms with Crippen molar-refractivity contribution in [2.45, 2.75) is 40.7 Å². The molecule has 0 saturated carbocycles. The molecule has 5 heteroatoms. The minimum atomic E-state index is 0.638. The van der Waals surface area contributed by atoms with E-state index in [1.807, 2.05) is 13.0 Å². The molecule has 0 atom stereocenters. The molecular weight excluding hydrogens is 356 g/mol. The zero-order chi connectivity index (χ0) is 17.1. The SMILES string of the molecule is CCCOc1cc(Br)c(CNCCN(CC)CC)cc1OCC. The third-order valence-corrected chi connectivity index (χ3v) is 4.43. The summed E-state index contributed by atoms with van der Waals surface area (Å²) < 4.78 is 12.6. The highest BCUT2D eigenvalue weighted by Gasteiger charge is 2.11. The number of halogens is 1. The molecule has 1 aromatic carbocycles. The standard InChI is InChI=1S/C18H31BrN2O2/c1-5-11-23-18-13-16(19)15(12-17(18)22-8-4)14-20-9-10-21(6-2)7-3/h12-13,20H,5-11,14H2,1-4H3. The van der Waals surface area contributed by atoms with Gasteiger partial charge in [-0.05, 0) is 44.1 Å². The predicted octanol–water partition coefficient (Wildman–Crippen LogP) is 4.07. The van der Waals surface area contributed by atoms with Gasteiger partial charge in [-0.25, -0.2) is 0 Å². The van der Waals surface area contributed by atoms with E-state index in [0.717, 1.165) is 55.1 Å². The van der Waals surface area contributed by atoms with E-state index >= 15 is 0 Å². The monoisotopic (exact) mass is 386 g/mol. The van der Waals surface area contributed by atoms with Crippen LogP contribution in [-0.4, -0.2) is 44.3 Å². The van der Waals surface area contributed by atoms with Crippen LogP contribution in [-0.2, 0) is 6.54 Å². The molecule has 0 unspecified atom stereocenters. The summed E-state index contributed by atoms with van der Waals surface area (Å²) in [4.78, 5) is 2.41. The second kappa shape index (κ2) is 11.7. The molecule has 0 aliphatic carbocycles. The molecule has 0 heterocycles. The molecule has 1 aromatic rings. The van der Waals surface area contributed by atoms with Gasteiger partial charge in [-0.15, -0.1) is 0 Å². The number of nitrogens with one attached hydrogen (secondary N) is 1. The summed E-state index contributed by atoms with van der Waals surface area (Å²) in [6.07, 6.45) is 0.984. The van der Waals surface area contributed by atoms with Crippen LogP contribution in [0.5, 0.6) is 11.5 Å². The van der Waals surface area contributed by atoms with Crippen molar-refractivity contribution in [3.8, 4) is 11.5 Å². The second-order valence-electron chi connectivity index (χ2n) is 5.38. The molecule has 0 radical (unpaired) electrons. The third kappa shape index (κ3) is 7.10. The quantitative estimate of drug-likeness (QED) is 0.549. The first-order chi connectivity index (χ1) is 11.2. The van der Waals surface area contributed by atoms with E-state index in [9.17, 15) is 0 Å². The number of hydrogen-bond acceptors (Lipinski definition) is 4. The van der Waals surface area contributed by atoms with Gasteiger partial charge in [0, 0.05) is 24.1 Å². The van der Waals surface area contributed by atoms with Crippen LogP contribution in [0.3, 0.4) is 0 Å². The van der Waals surface area contributed by atoms with E-state index in [-0.39, 0.29) is 0 Å². The average Bonchev–Trinajstić information content (AvgIpc) is 2.56. The Morgan fingerprint density at radius 1 is 1.04 bits per heavy atom. The highest BCUT2D eigenvalue weighted by atomic mass is 79.9. The fraction of sp³-hybridized carbons (Fsp3) is 0.667. The zero-order valence-corrected chi connectivity index (χ0v) is 16.5. The van der Waals surface area contributed by atoms with E-state index < -0.39 is 0 Å². The largest absolute Gasteiger partial charge is 0.490 e. The Hall–Kier alpha value is -0.780. The molecule has 0 fully saturated rings. The number of nitrogens with zero attached hydrogens (tertiary/aromatic N) is 1. The van der Waals surface area contributed by atoms with E-state index in [1.54, 1.807) is 0 Å². The van der Waals surface area contributed by atoms with Crippen LogP contribution in [0, 0.1) is 0 Å². The van der Waals surface area contributed by atoms with Crippen molar-refractivity contribution >= 4 is 15.9 Å². The third-order valence-electron chi connectivity index (χ3n) is 3.69. The summed E-state index contributed by atoms with van der Waals surface area (Å²) in [5.41, 5.74) is 1.19. The number of rotatable bonds is 12. The van der Waals surface area contributed by atoms with E-state index in [4.69, 9.17) is 9.47 Å². The van der Waals surface area contributed by atoms with Gasteiger partial charge in [-0.1, -0.05) is 36.7 Å². The summed E-state index contributed by atoms with van der Waals surface area (Å²) in [6.45, 7) is 14.9.